The normalized spacial score (nSPS) is 10.4. The van der Waals surface area contributed by atoms with Crippen LogP contribution < -0.4 is 10.5 Å². The first-order chi connectivity index (χ1) is 8.61. The molecule has 0 bridgehead atoms. The Balaban J connectivity index is 2.40. The maximum absolute atomic E-state index is 13.5. The van der Waals surface area contributed by atoms with Gasteiger partial charge in [0.2, 0.25) is 0 Å². The molecule has 0 spiro atoms. The summed E-state index contributed by atoms with van der Waals surface area (Å²) in [5.41, 5.74) is 6.81. The summed E-state index contributed by atoms with van der Waals surface area (Å²) >= 11 is 5.91. The first-order valence-corrected chi connectivity index (χ1v) is 5.91. The summed E-state index contributed by atoms with van der Waals surface area (Å²) < 4.78 is 19.2. The van der Waals surface area contributed by atoms with Gasteiger partial charge in [-0.3, -0.25) is 0 Å². The van der Waals surface area contributed by atoms with Crippen molar-refractivity contribution in [1.29, 1.82) is 0 Å². The molecule has 0 aliphatic carbocycles. The van der Waals surface area contributed by atoms with E-state index in [-0.39, 0.29) is 12.4 Å². The Hall–Kier alpha value is -1.58. The molecule has 0 aliphatic heterocycles. The van der Waals surface area contributed by atoms with E-state index in [9.17, 15) is 4.39 Å². The molecule has 0 heterocycles. The van der Waals surface area contributed by atoms with Gasteiger partial charge in [0.1, 0.15) is 17.3 Å². The molecule has 0 atom stereocenters. The summed E-state index contributed by atoms with van der Waals surface area (Å²) in [4.78, 5) is 0. The molecule has 0 fully saturated rings. The van der Waals surface area contributed by atoms with Crippen LogP contribution in [0, 0.1) is 12.7 Å². The van der Waals surface area contributed by atoms with E-state index in [4.69, 9.17) is 22.1 Å². The van der Waals surface area contributed by atoms with Crippen molar-refractivity contribution in [2.24, 2.45) is 5.73 Å². The molecule has 0 aliphatic rings. The minimum Gasteiger partial charge on any atom is -0.457 e. The molecular weight excluding hydrogens is 253 g/mol. The van der Waals surface area contributed by atoms with Crippen LogP contribution in [-0.2, 0) is 6.54 Å². The Labute approximate surface area is 110 Å². The molecule has 0 unspecified atom stereocenters. The number of hydrogen-bond acceptors (Lipinski definition) is 2. The highest BCUT2D eigenvalue weighted by molar-refractivity contribution is 6.30. The van der Waals surface area contributed by atoms with E-state index in [0.717, 1.165) is 5.56 Å². The van der Waals surface area contributed by atoms with Crippen molar-refractivity contribution in [2.45, 2.75) is 13.5 Å². The second-order valence-electron chi connectivity index (χ2n) is 3.93. The molecular formula is C14H13ClFNO. The van der Waals surface area contributed by atoms with Crippen molar-refractivity contribution < 1.29 is 9.13 Å². The first-order valence-electron chi connectivity index (χ1n) is 5.53. The zero-order valence-corrected chi connectivity index (χ0v) is 10.7. The number of halogens is 2. The molecule has 18 heavy (non-hydrogen) atoms. The van der Waals surface area contributed by atoms with Crippen LogP contribution in [-0.4, -0.2) is 0 Å². The van der Waals surface area contributed by atoms with E-state index >= 15 is 0 Å². The molecule has 0 saturated heterocycles. The lowest BCUT2D eigenvalue weighted by Gasteiger charge is -2.12. The van der Waals surface area contributed by atoms with E-state index in [0.29, 0.717) is 22.1 Å². The van der Waals surface area contributed by atoms with Crippen molar-refractivity contribution in [3.8, 4) is 11.5 Å². The third-order valence-electron chi connectivity index (χ3n) is 2.65. The van der Waals surface area contributed by atoms with Crippen molar-refractivity contribution in [1.82, 2.24) is 0 Å². The van der Waals surface area contributed by atoms with Crippen molar-refractivity contribution >= 4 is 11.6 Å². The van der Waals surface area contributed by atoms with Crippen LogP contribution in [0.1, 0.15) is 11.1 Å². The smallest absolute Gasteiger partial charge is 0.134 e. The van der Waals surface area contributed by atoms with E-state index in [1.54, 1.807) is 24.3 Å². The van der Waals surface area contributed by atoms with Crippen molar-refractivity contribution in [3.63, 3.8) is 0 Å². The van der Waals surface area contributed by atoms with E-state index < -0.39 is 0 Å². The van der Waals surface area contributed by atoms with Crippen molar-refractivity contribution in [3.05, 3.63) is 58.4 Å². The zero-order valence-electron chi connectivity index (χ0n) is 9.91. The number of hydrogen-bond donors (Lipinski definition) is 1. The molecule has 94 valence electrons. The van der Waals surface area contributed by atoms with Gasteiger partial charge >= 0.3 is 0 Å². The van der Waals surface area contributed by atoms with Gasteiger partial charge in [0.05, 0.1) is 0 Å². The quantitative estimate of drug-likeness (QED) is 0.909. The lowest BCUT2D eigenvalue weighted by atomic mass is 10.2. The summed E-state index contributed by atoms with van der Waals surface area (Å²) in [5.74, 6) is 0.653. The molecule has 0 aromatic heterocycles. The topological polar surface area (TPSA) is 35.2 Å². The fourth-order valence-corrected chi connectivity index (χ4v) is 1.80. The Morgan fingerprint density at radius 2 is 2.00 bits per heavy atom. The molecule has 4 heteroatoms. The Morgan fingerprint density at radius 3 is 2.72 bits per heavy atom. The van der Waals surface area contributed by atoms with Crippen LogP contribution >= 0.6 is 11.6 Å². The van der Waals surface area contributed by atoms with E-state index in [1.807, 2.05) is 13.0 Å². The highest BCUT2D eigenvalue weighted by Crippen LogP contribution is 2.30. The Kier molecular flexibility index (Phi) is 3.84. The Morgan fingerprint density at radius 1 is 1.22 bits per heavy atom. The van der Waals surface area contributed by atoms with Gasteiger partial charge in [-0.25, -0.2) is 4.39 Å². The van der Waals surface area contributed by atoms with Crippen LogP contribution in [0.15, 0.2) is 36.4 Å². The lowest BCUT2D eigenvalue weighted by Crippen LogP contribution is -2.02. The minimum absolute atomic E-state index is 0.0849. The molecule has 2 rings (SSSR count). The van der Waals surface area contributed by atoms with Crippen LogP contribution in [0.2, 0.25) is 5.02 Å². The summed E-state index contributed by atoms with van der Waals surface area (Å²) in [6.45, 7) is 1.98. The monoisotopic (exact) mass is 265 g/mol. The number of nitrogens with two attached hydrogens (primary N) is 1. The summed E-state index contributed by atoms with van der Waals surface area (Å²) in [5, 5.41) is 0.571. The maximum atomic E-state index is 13.5. The standard InChI is InChI=1S/C14H13ClFNO/c1-9-5-6-10(15)7-14(9)18-13-4-2-3-12(16)11(13)8-17/h2-7H,8,17H2,1H3. The van der Waals surface area contributed by atoms with Crippen LogP contribution in [0.3, 0.4) is 0 Å². The molecule has 2 aromatic carbocycles. The highest BCUT2D eigenvalue weighted by atomic mass is 35.5. The maximum Gasteiger partial charge on any atom is 0.134 e. The fraction of sp³-hybridized carbons (Fsp3) is 0.143. The number of rotatable bonds is 3. The Bertz CT molecular complexity index is 572. The summed E-state index contributed by atoms with van der Waals surface area (Å²) in [6, 6.07) is 9.95. The van der Waals surface area contributed by atoms with Gasteiger partial charge in [-0.15, -0.1) is 0 Å². The van der Waals surface area contributed by atoms with Crippen LogP contribution in [0.5, 0.6) is 11.5 Å². The van der Waals surface area contributed by atoms with Gasteiger partial charge in [-0.2, -0.15) is 0 Å². The average Bonchev–Trinajstić information content (AvgIpc) is 2.34. The van der Waals surface area contributed by atoms with Gasteiger partial charge in [0.25, 0.3) is 0 Å². The SMILES string of the molecule is Cc1ccc(Cl)cc1Oc1cccc(F)c1CN. The zero-order chi connectivity index (χ0) is 13.1. The van der Waals surface area contributed by atoms with Crippen LogP contribution in [0.4, 0.5) is 4.39 Å². The molecule has 0 saturated carbocycles. The fourth-order valence-electron chi connectivity index (χ4n) is 1.63. The molecule has 2 N–H and O–H groups in total. The van der Waals surface area contributed by atoms with Gasteiger partial charge < -0.3 is 10.5 Å². The van der Waals surface area contributed by atoms with Crippen molar-refractivity contribution in [2.75, 3.05) is 0 Å². The number of aryl methyl sites for hydroxylation is 1. The van der Waals surface area contributed by atoms with E-state index in [2.05, 4.69) is 0 Å². The lowest BCUT2D eigenvalue weighted by molar-refractivity contribution is 0.464. The summed E-state index contributed by atoms with van der Waals surface area (Å²) in [7, 11) is 0. The van der Waals surface area contributed by atoms with Crippen LogP contribution in [0.25, 0.3) is 0 Å². The predicted octanol–water partition coefficient (Wildman–Crippen LogP) is 4.04. The minimum atomic E-state index is -0.366. The van der Waals surface area contributed by atoms with E-state index in [1.165, 1.54) is 6.07 Å². The second kappa shape index (κ2) is 5.38. The molecule has 0 radical (unpaired) electrons. The summed E-state index contributed by atoms with van der Waals surface area (Å²) in [6.07, 6.45) is 0. The largest absolute Gasteiger partial charge is 0.457 e. The van der Waals surface area contributed by atoms with Gasteiger partial charge in [-0.1, -0.05) is 23.7 Å². The number of ether oxygens (including phenoxy) is 1. The van der Waals surface area contributed by atoms with Gasteiger partial charge in [-0.05, 0) is 36.8 Å². The molecule has 2 aromatic rings. The first kappa shape index (κ1) is 12.9. The number of benzene rings is 2. The highest BCUT2D eigenvalue weighted by Gasteiger charge is 2.10. The third kappa shape index (κ3) is 2.63. The third-order valence-corrected chi connectivity index (χ3v) is 2.89. The predicted molar refractivity (Wildman–Crippen MR) is 70.6 cm³/mol. The van der Waals surface area contributed by atoms with Gasteiger partial charge in [0, 0.05) is 17.1 Å². The average molecular weight is 266 g/mol. The van der Waals surface area contributed by atoms with Gasteiger partial charge in [0.15, 0.2) is 0 Å². The molecule has 0 amide bonds. The second-order valence-corrected chi connectivity index (χ2v) is 4.37. The molecule has 2 nitrogen and oxygen atoms in total.